The number of likely N-dealkylation sites (N-methyl/N-ethyl adjacent to an activating group) is 1. The van der Waals surface area contributed by atoms with E-state index in [9.17, 15) is 9.59 Å². The summed E-state index contributed by atoms with van der Waals surface area (Å²) < 4.78 is 4.55. The number of nitrogens with one attached hydrogen (secondary N) is 2. The molecule has 1 aliphatic heterocycles. The lowest BCUT2D eigenvalue weighted by Crippen LogP contribution is -2.40. The first-order valence-corrected chi connectivity index (χ1v) is 7.51. The van der Waals surface area contributed by atoms with E-state index in [1.165, 1.54) is 0 Å². The summed E-state index contributed by atoms with van der Waals surface area (Å²) in [7, 11) is 4.02. The van der Waals surface area contributed by atoms with Gasteiger partial charge in [0.2, 0.25) is 5.91 Å². The summed E-state index contributed by atoms with van der Waals surface area (Å²) in [4.78, 5) is 23.3. The predicted molar refractivity (Wildman–Crippen MR) is 84.1 cm³/mol. The monoisotopic (exact) mass is 301 g/mol. The number of hydrogen-bond donors (Lipinski definition) is 2. The first-order chi connectivity index (χ1) is 9.76. The molecule has 2 N–H and O–H groups in total. The molecule has 0 aromatic heterocycles. The molecule has 1 rings (SSSR count). The third kappa shape index (κ3) is 12.3. The quantitative estimate of drug-likeness (QED) is 0.729. The highest BCUT2D eigenvalue weighted by atomic mass is 16.5. The molecule has 21 heavy (non-hydrogen) atoms. The van der Waals surface area contributed by atoms with Crippen LogP contribution in [0.15, 0.2) is 0 Å². The second-order valence-electron chi connectivity index (χ2n) is 6.45. The molecule has 1 aliphatic rings. The maximum absolute atomic E-state index is 11.6. The second kappa shape index (κ2) is 10.6. The number of amides is 1. The third-order valence-electron chi connectivity index (χ3n) is 2.97. The number of nitrogens with zero attached hydrogens (tertiary/aromatic N) is 1. The highest BCUT2D eigenvalue weighted by Gasteiger charge is 2.19. The van der Waals surface area contributed by atoms with Gasteiger partial charge in [0.1, 0.15) is 5.60 Å². The van der Waals surface area contributed by atoms with E-state index in [0.29, 0.717) is 6.47 Å². The number of piperidine rings is 1. The Morgan fingerprint density at radius 2 is 1.90 bits per heavy atom. The highest BCUT2D eigenvalue weighted by molar-refractivity contribution is 5.78. The molecule has 0 unspecified atom stereocenters. The molecule has 0 spiro atoms. The summed E-state index contributed by atoms with van der Waals surface area (Å²) in [6.45, 7) is 9.55. The van der Waals surface area contributed by atoms with Crippen LogP contribution in [-0.2, 0) is 14.3 Å². The van der Waals surface area contributed by atoms with Crippen molar-refractivity contribution in [1.29, 1.82) is 0 Å². The van der Waals surface area contributed by atoms with Crippen LogP contribution in [0.25, 0.3) is 0 Å². The Bertz CT molecular complexity index is 295. The second-order valence-corrected chi connectivity index (χ2v) is 6.45. The molecule has 0 bridgehead atoms. The van der Waals surface area contributed by atoms with Crippen molar-refractivity contribution in [3.05, 3.63) is 0 Å². The molecule has 6 heteroatoms. The van der Waals surface area contributed by atoms with E-state index in [1.54, 1.807) is 0 Å². The molecule has 0 radical (unpaired) electrons. The Hall–Kier alpha value is -1.14. The molecule has 1 heterocycles. The maximum Gasteiger partial charge on any atom is 0.293 e. The molecule has 1 amide bonds. The fourth-order valence-electron chi connectivity index (χ4n) is 1.78. The van der Waals surface area contributed by atoms with Gasteiger partial charge in [-0.3, -0.25) is 9.59 Å². The topological polar surface area (TPSA) is 70.7 Å². The average molecular weight is 301 g/mol. The minimum Gasteiger partial charge on any atom is -0.462 e. The molecule has 124 valence electrons. The normalized spacial score (nSPS) is 15.9. The lowest BCUT2D eigenvalue weighted by Gasteiger charge is -2.22. The summed E-state index contributed by atoms with van der Waals surface area (Å²) >= 11 is 0. The first kappa shape index (κ1) is 19.9. The molecular weight excluding hydrogens is 270 g/mol. The van der Waals surface area contributed by atoms with Crippen molar-refractivity contribution in [2.24, 2.45) is 5.92 Å². The van der Waals surface area contributed by atoms with Gasteiger partial charge in [-0.15, -0.1) is 0 Å². The number of carbonyl (C=O) groups excluding carboxylic acids is 2. The van der Waals surface area contributed by atoms with Crippen LogP contribution in [0.2, 0.25) is 0 Å². The third-order valence-corrected chi connectivity index (χ3v) is 2.97. The van der Waals surface area contributed by atoms with E-state index in [2.05, 4.69) is 20.3 Å². The fraction of sp³-hybridized carbons (Fsp3) is 0.867. The predicted octanol–water partition coefficient (Wildman–Crippen LogP) is 0.622. The largest absolute Gasteiger partial charge is 0.462 e. The van der Waals surface area contributed by atoms with Crippen LogP contribution in [0, 0.1) is 5.92 Å². The van der Waals surface area contributed by atoms with Crippen LogP contribution in [-0.4, -0.2) is 63.2 Å². The van der Waals surface area contributed by atoms with E-state index >= 15 is 0 Å². The van der Waals surface area contributed by atoms with Gasteiger partial charge in [0.05, 0.1) is 0 Å². The molecule has 6 nitrogen and oxygen atoms in total. The molecular formula is C15H31N3O3. The first-order valence-electron chi connectivity index (χ1n) is 7.51. The van der Waals surface area contributed by atoms with E-state index in [1.807, 2.05) is 34.9 Å². The molecule has 0 saturated carbocycles. The van der Waals surface area contributed by atoms with Gasteiger partial charge in [0.15, 0.2) is 0 Å². The van der Waals surface area contributed by atoms with Gasteiger partial charge >= 0.3 is 0 Å². The van der Waals surface area contributed by atoms with Crippen LogP contribution < -0.4 is 10.6 Å². The SMILES string of the molecule is CC(C)(C)OC=O.CN(C)CCNC(=O)C1CCNCC1. The van der Waals surface area contributed by atoms with Crippen molar-refractivity contribution in [3.63, 3.8) is 0 Å². The average Bonchev–Trinajstić information content (AvgIpc) is 2.38. The number of rotatable bonds is 5. The summed E-state index contributed by atoms with van der Waals surface area (Å²) in [5, 5.41) is 6.23. The zero-order valence-electron chi connectivity index (χ0n) is 14.1. The standard InChI is InChI=1S/C10H21N3O.C5H10O2/c1-13(2)8-7-12-10(14)9-3-5-11-6-4-9;1-5(2,3)7-4-6/h9,11H,3-8H2,1-2H3,(H,12,14);4H,1-3H3. The Morgan fingerprint density at radius 3 is 2.29 bits per heavy atom. The van der Waals surface area contributed by atoms with E-state index < -0.39 is 0 Å². The van der Waals surface area contributed by atoms with Crippen molar-refractivity contribution in [3.8, 4) is 0 Å². The lowest BCUT2D eigenvalue weighted by atomic mass is 9.97. The van der Waals surface area contributed by atoms with Gasteiger partial charge < -0.3 is 20.3 Å². The number of hydrogen-bond acceptors (Lipinski definition) is 5. The van der Waals surface area contributed by atoms with Gasteiger partial charge in [-0.05, 0) is 60.8 Å². The smallest absolute Gasteiger partial charge is 0.293 e. The Morgan fingerprint density at radius 1 is 1.33 bits per heavy atom. The van der Waals surface area contributed by atoms with E-state index in [-0.39, 0.29) is 17.4 Å². The van der Waals surface area contributed by atoms with Crippen molar-refractivity contribution in [2.45, 2.75) is 39.2 Å². The van der Waals surface area contributed by atoms with Crippen LogP contribution in [0.4, 0.5) is 0 Å². The van der Waals surface area contributed by atoms with E-state index in [0.717, 1.165) is 39.0 Å². The summed E-state index contributed by atoms with van der Waals surface area (Å²) in [6.07, 6.45) is 1.96. The molecule has 1 fully saturated rings. The minimum atomic E-state index is -0.318. The van der Waals surface area contributed by atoms with Gasteiger partial charge in [-0.1, -0.05) is 0 Å². The van der Waals surface area contributed by atoms with Crippen molar-refractivity contribution in [2.75, 3.05) is 40.3 Å². The highest BCUT2D eigenvalue weighted by Crippen LogP contribution is 2.10. The van der Waals surface area contributed by atoms with Gasteiger partial charge in [-0.2, -0.15) is 0 Å². The Labute approximate surface area is 128 Å². The van der Waals surface area contributed by atoms with Crippen LogP contribution in [0.5, 0.6) is 0 Å². The summed E-state index contributed by atoms with van der Waals surface area (Å²) in [5.74, 6) is 0.465. The van der Waals surface area contributed by atoms with Gasteiger partial charge in [-0.25, -0.2) is 0 Å². The van der Waals surface area contributed by atoms with Crippen LogP contribution >= 0.6 is 0 Å². The zero-order chi connectivity index (χ0) is 16.3. The lowest BCUT2D eigenvalue weighted by molar-refractivity contribution is -0.138. The van der Waals surface area contributed by atoms with Crippen molar-refractivity contribution >= 4 is 12.4 Å². The fourth-order valence-corrected chi connectivity index (χ4v) is 1.78. The number of ether oxygens (including phenoxy) is 1. The molecule has 0 aliphatic carbocycles. The molecule has 0 aromatic rings. The van der Waals surface area contributed by atoms with E-state index in [4.69, 9.17) is 0 Å². The number of carbonyl (C=O) groups is 2. The summed E-state index contributed by atoms with van der Waals surface area (Å²) in [5.41, 5.74) is -0.318. The zero-order valence-corrected chi connectivity index (χ0v) is 14.1. The van der Waals surface area contributed by atoms with Crippen LogP contribution in [0.1, 0.15) is 33.6 Å². The Balaban J connectivity index is 0.000000486. The van der Waals surface area contributed by atoms with Gasteiger partial charge in [0, 0.05) is 19.0 Å². The molecule has 0 atom stereocenters. The molecule has 1 saturated heterocycles. The summed E-state index contributed by atoms with van der Waals surface area (Å²) in [6, 6.07) is 0. The van der Waals surface area contributed by atoms with Crippen molar-refractivity contribution in [1.82, 2.24) is 15.5 Å². The molecule has 0 aromatic carbocycles. The van der Waals surface area contributed by atoms with Crippen molar-refractivity contribution < 1.29 is 14.3 Å². The van der Waals surface area contributed by atoms with Gasteiger partial charge in [0.25, 0.3) is 6.47 Å². The van der Waals surface area contributed by atoms with Crippen LogP contribution in [0.3, 0.4) is 0 Å². The Kier molecular flexibility index (Phi) is 9.99. The maximum atomic E-state index is 11.6. The minimum absolute atomic E-state index is 0.230.